The van der Waals surface area contributed by atoms with Crippen LogP contribution in [0.4, 0.5) is 0 Å². The van der Waals surface area contributed by atoms with E-state index in [4.69, 9.17) is 14.0 Å². The van der Waals surface area contributed by atoms with Gasteiger partial charge in [0.15, 0.2) is 6.61 Å². The second kappa shape index (κ2) is 9.32. The van der Waals surface area contributed by atoms with Crippen molar-refractivity contribution in [2.45, 2.75) is 20.0 Å². The molecule has 152 valence electrons. The summed E-state index contributed by atoms with van der Waals surface area (Å²) < 4.78 is 16.1. The molecule has 4 rings (SSSR count). The SMILES string of the molecule is CCOc1ccccc1-c1noc(COC(=O)Cc2csc(-c3ccccc3)n2)n1. The van der Waals surface area contributed by atoms with Crippen LogP contribution < -0.4 is 4.74 Å². The molecule has 0 aliphatic heterocycles. The number of hydrogen-bond acceptors (Lipinski definition) is 8. The first-order valence-corrected chi connectivity index (χ1v) is 10.3. The smallest absolute Gasteiger partial charge is 0.312 e. The molecular formula is C22H19N3O4S. The number of carbonyl (C=O) groups is 1. The molecule has 0 atom stereocenters. The summed E-state index contributed by atoms with van der Waals surface area (Å²) in [7, 11) is 0. The lowest BCUT2D eigenvalue weighted by molar-refractivity contribution is -0.144. The number of aromatic nitrogens is 3. The van der Waals surface area contributed by atoms with E-state index < -0.39 is 5.97 Å². The minimum absolute atomic E-state index is 0.0809. The highest BCUT2D eigenvalue weighted by atomic mass is 32.1. The minimum atomic E-state index is -0.408. The zero-order chi connectivity index (χ0) is 20.8. The van der Waals surface area contributed by atoms with Gasteiger partial charge in [0, 0.05) is 10.9 Å². The van der Waals surface area contributed by atoms with Gasteiger partial charge in [-0.2, -0.15) is 4.98 Å². The zero-order valence-electron chi connectivity index (χ0n) is 16.3. The number of thiazole rings is 1. The van der Waals surface area contributed by atoms with Gasteiger partial charge in [0.1, 0.15) is 10.8 Å². The van der Waals surface area contributed by atoms with Crippen LogP contribution in [0.1, 0.15) is 18.5 Å². The van der Waals surface area contributed by atoms with E-state index in [1.54, 1.807) is 0 Å². The van der Waals surface area contributed by atoms with Gasteiger partial charge < -0.3 is 14.0 Å². The fourth-order valence-corrected chi connectivity index (χ4v) is 3.62. The van der Waals surface area contributed by atoms with Gasteiger partial charge in [-0.3, -0.25) is 4.79 Å². The number of nitrogens with zero attached hydrogens (tertiary/aromatic N) is 3. The van der Waals surface area contributed by atoms with Gasteiger partial charge in [-0.15, -0.1) is 11.3 Å². The number of rotatable bonds is 8. The maximum atomic E-state index is 12.2. The molecule has 0 N–H and O–H groups in total. The van der Waals surface area contributed by atoms with Crippen LogP contribution in [0.15, 0.2) is 64.5 Å². The second-order valence-corrected chi connectivity index (χ2v) is 7.15. The fourth-order valence-electron chi connectivity index (χ4n) is 2.80. The lowest BCUT2D eigenvalue weighted by Crippen LogP contribution is -2.08. The summed E-state index contributed by atoms with van der Waals surface area (Å²) in [6, 6.07) is 17.3. The highest BCUT2D eigenvalue weighted by Gasteiger charge is 2.15. The molecule has 2 aromatic carbocycles. The predicted octanol–water partition coefficient (Wildman–Crippen LogP) is 4.54. The monoisotopic (exact) mass is 421 g/mol. The van der Waals surface area contributed by atoms with Crippen LogP contribution in [0.25, 0.3) is 22.0 Å². The Morgan fingerprint density at radius 3 is 2.70 bits per heavy atom. The Bertz CT molecular complexity index is 1120. The van der Waals surface area contributed by atoms with Crippen LogP contribution in [0.2, 0.25) is 0 Å². The molecule has 0 aliphatic rings. The number of benzene rings is 2. The van der Waals surface area contributed by atoms with Gasteiger partial charge >= 0.3 is 5.97 Å². The highest BCUT2D eigenvalue weighted by molar-refractivity contribution is 7.13. The Hall–Kier alpha value is -3.52. The van der Waals surface area contributed by atoms with Crippen molar-refractivity contribution in [3.63, 3.8) is 0 Å². The quantitative estimate of drug-likeness (QED) is 0.386. The molecule has 2 heterocycles. The fraction of sp³-hybridized carbons (Fsp3) is 0.182. The third-order valence-corrected chi connectivity index (χ3v) is 5.09. The first-order chi connectivity index (χ1) is 14.7. The van der Waals surface area contributed by atoms with E-state index in [1.165, 1.54) is 11.3 Å². The lowest BCUT2D eigenvalue weighted by Gasteiger charge is -2.06. The summed E-state index contributed by atoms with van der Waals surface area (Å²) in [6.45, 7) is 2.34. The first kappa shape index (κ1) is 19.8. The molecule has 8 heteroatoms. The molecule has 2 aromatic heterocycles. The van der Waals surface area contributed by atoms with Gasteiger partial charge in [0.2, 0.25) is 5.82 Å². The average Bonchev–Trinajstić information content (AvgIpc) is 3.43. The van der Waals surface area contributed by atoms with Crippen LogP contribution in [0, 0.1) is 0 Å². The number of ether oxygens (including phenoxy) is 2. The van der Waals surface area contributed by atoms with Crippen molar-refractivity contribution in [2.75, 3.05) is 6.61 Å². The maximum Gasteiger partial charge on any atom is 0.312 e. The molecule has 0 bridgehead atoms. The molecule has 0 spiro atoms. The van der Waals surface area contributed by atoms with Crippen LogP contribution in [-0.4, -0.2) is 27.7 Å². The summed E-state index contributed by atoms with van der Waals surface area (Å²) in [4.78, 5) is 21.0. The van der Waals surface area contributed by atoms with Gasteiger partial charge in [0.25, 0.3) is 5.89 Å². The van der Waals surface area contributed by atoms with Crippen molar-refractivity contribution >= 4 is 17.3 Å². The minimum Gasteiger partial charge on any atom is -0.493 e. The lowest BCUT2D eigenvalue weighted by atomic mass is 10.2. The number of para-hydroxylation sites is 1. The van der Waals surface area contributed by atoms with E-state index >= 15 is 0 Å². The first-order valence-electron chi connectivity index (χ1n) is 9.43. The Kier molecular flexibility index (Phi) is 6.14. The molecule has 0 amide bonds. The summed E-state index contributed by atoms with van der Waals surface area (Å²) in [5.41, 5.74) is 2.41. The van der Waals surface area contributed by atoms with Crippen molar-refractivity contribution in [2.24, 2.45) is 0 Å². The number of carbonyl (C=O) groups excluding carboxylic acids is 1. The van der Waals surface area contributed by atoms with Crippen molar-refractivity contribution in [3.05, 3.63) is 71.6 Å². The molecule has 0 unspecified atom stereocenters. The molecule has 0 radical (unpaired) electrons. The molecule has 0 saturated heterocycles. The van der Waals surface area contributed by atoms with Crippen LogP contribution in [0.5, 0.6) is 5.75 Å². The van der Waals surface area contributed by atoms with E-state index in [1.807, 2.05) is 66.9 Å². The Morgan fingerprint density at radius 1 is 1.07 bits per heavy atom. The summed E-state index contributed by atoms with van der Waals surface area (Å²) in [5.74, 6) is 0.862. The largest absolute Gasteiger partial charge is 0.493 e. The van der Waals surface area contributed by atoms with Crippen molar-refractivity contribution in [1.29, 1.82) is 0 Å². The van der Waals surface area contributed by atoms with Crippen LogP contribution in [0.3, 0.4) is 0 Å². The molecule has 30 heavy (non-hydrogen) atoms. The molecule has 7 nitrogen and oxygen atoms in total. The molecule has 4 aromatic rings. The topological polar surface area (TPSA) is 87.3 Å². The van der Waals surface area contributed by atoms with Gasteiger partial charge in [0.05, 0.1) is 24.3 Å². The molecule has 0 aliphatic carbocycles. The van der Waals surface area contributed by atoms with E-state index in [9.17, 15) is 4.79 Å². The third kappa shape index (κ3) is 4.72. The Labute approximate surface area is 177 Å². The highest BCUT2D eigenvalue weighted by Crippen LogP contribution is 2.27. The van der Waals surface area contributed by atoms with Crippen molar-refractivity contribution < 1.29 is 18.8 Å². The maximum absolute atomic E-state index is 12.2. The molecule has 0 saturated carbocycles. The standard InChI is InChI=1S/C22H19N3O4S/c1-2-27-18-11-7-6-10-17(18)21-24-19(29-25-21)13-28-20(26)12-16-14-30-22(23-16)15-8-4-3-5-9-15/h3-11,14H,2,12-13H2,1H3. The average molecular weight is 421 g/mol. The third-order valence-electron chi connectivity index (χ3n) is 4.15. The normalized spacial score (nSPS) is 10.7. The van der Waals surface area contributed by atoms with E-state index in [2.05, 4.69) is 15.1 Å². The second-order valence-electron chi connectivity index (χ2n) is 6.29. The van der Waals surface area contributed by atoms with E-state index in [-0.39, 0.29) is 18.9 Å². The van der Waals surface area contributed by atoms with E-state index in [0.717, 1.165) is 16.1 Å². The van der Waals surface area contributed by atoms with Crippen molar-refractivity contribution in [1.82, 2.24) is 15.1 Å². The Balaban J connectivity index is 1.35. The van der Waals surface area contributed by atoms with Gasteiger partial charge in [-0.25, -0.2) is 4.98 Å². The van der Waals surface area contributed by atoms with Crippen LogP contribution >= 0.6 is 11.3 Å². The Morgan fingerprint density at radius 2 is 1.87 bits per heavy atom. The summed E-state index contributed by atoms with van der Waals surface area (Å²) in [6.07, 6.45) is 0.0809. The summed E-state index contributed by atoms with van der Waals surface area (Å²) >= 11 is 1.49. The van der Waals surface area contributed by atoms with Gasteiger partial charge in [-0.05, 0) is 19.1 Å². The zero-order valence-corrected chi connectivity index (χ0v) is 17.1. The molecule has 0 fully saturated rings. The van der Waals surface area contributed by atoms with Gasteiger partial charge in [-0.1, -0.05) is 47.6 Å². The summed E-state index contributed by atoms with van der Waals surface area (Å²) in [5, 5.41) is 6.69. The predicted molar refractivity (Wildman–Crippen MR) is 112 cm³/mol. The van der Waals surface area contributed by atoms with Crippen molar-refractivity contribution in [3.8, 4) is 27.7 Å². The van der Waals surface area contributed by atoms with Crippen LogP contribution in [-0.2, 0) is 22.6 Å². The van der Waals surface area contributed by atoms with E-state index in [0.29, 0.717) is 23.9 Å². The number of esters is 1. The number of hydrogen-bond donors (Lipinski definition) is 0. The molecular weight excluding hydrogens is 402 g/mol.